The number of rotatable bonds is 6. The highest BCUT2D eigenvalue weighted by molar-refractivity contribution is 5.77. The standard InChI is InChI=1S/C14H20N2O3/c1-18-12-6-2-3-7-13(12)19-10-14(17)16-9-11-5-4-8-15-11/h2-3,6-7,11,15H,4-5,8-10H2,1H3,(H,16,17). The van der Waals surface area contributed by atoms with Gasteiger partial charge in [-0.2, -0.15) is 0 Å². The van der Waals surface area contributed by atoms with Crippen LogP contribution in [0.5, 0.6) is 11.5 Å². The lowest BCUT2D eigenvalue weighted by Gasteiger charge is -2.13. The first-order chi connectivity index (χ1) is 9.29. The van der Waals surface area contributed by atoms with Crippen LogP contribution in [0.3, 0.4) is 0 Å². The highest BCUT2D eigenvalue weighted by Crippen LogP contribution is 2.25. The van der Waals surface area contributed by atoms with Gasteiger partial charge in [0.1, 0.15) is 0 Å². The molecule has 1 fully saturated rings. The lowest BCUT2D eigenvalue weighted by atomic mass is 10.2. The topological polar surface area (TPSA) is 59.6 Å². The van der Waals surface area contributed by atoms with Gasteiger partial charge in [0.25, 0.3) is 5.91 Å². The third-order valence-electron chi connectivity index (χ3n) is 3.14. The third kappa shape index (κ3) is 4.13. The summed E-state index contributed by atoms with van der Waals surface area (Å²) in [6, 6.07) is 7.69. The van der Waals surface area contributed by atoms with Gasteiger partial charge in [-0.1, -0.05) is 12.1 Å². The maximum absolute atomic E-state index is 11.7. The quantitative estimate of drug-likeness (QED) is 0.803. The maximum atomic E-state index is 11.7. The molecule has 0 radical (unpaired) electrons. The Balaban J connectivity index is 1.73. The fourth-order valence-electron chi connectivity index (χ4n) is 2.10. The Morgan fingerprint density at radius 1 is 1.42 bits per heavy atom. The number of ether oxygens (including phenoxy) is 2. The zero-order valence-electron chi connectivity index (χ0n) is 11.1. The van der Waals surface area contributed by atoms with E-state index in [9.17, 15) is 4.79 Å². The van der Waals surface area contributed by atoms with Gasteiger partial charge in [0, 0.05) is 12.6 Å². The van der Waals surface area contributed by atoms with Crippen LogP contribution in [0.25, 0.3) is 0 Å². The summed E-state index contributed by atoms with van der Waals surface area (Å²) in [6.45, 7) is 1.71. The SMILES string of the molecule is COc1ccccc1OCC(=O)NCC1CCCN1. The number of hydrogen-bond donors (Lipinski definition) is 2. The van der Waals surface area contributed by atoms with Gasteiger partial charge >= 0.3 is 0 Å². The molecule has 1 aromatic rings. The molecule has 19 heavy (non-hydrogen) atoms. The minimum atomic E-state index is -0.111. The number of benzene rings is 1. The molecule has 0 aromatic heterocycles. The van der Waals surface area contributed by atoms with Gasteiger partial charge in [0.15, 0.2) is 18.1 Å². The summed E-state index contributed by atoms with van der Waals surface area (Å²) in [4.78, 5) is 11.7. The molecular formula is C14H20N2O3. The zero-order valence-corrected chi connectivity index (χ0v) is 11.1. The summed E-state index contributed by atoms with van der Waals surface area (Å²) >= 11 is 0. The Morgan fingerprint density at radius 3 is 2.89 bits per heavy atom. The minimum absolute atomic E-state index is 0.00704. The van der Waals surface area contributed by atoms with Crippen molar-refractivity contribution in [3.8, 4) is 11.5 Å². The normalized spacial score (nSPS) is 18.1. The molecular weight excluding hydrogens is 244 g/mol. The van der Waals surface area contributed by atoms with Crippen molar-refractivity contribution in [3.05, 3.63) is 24.3 Å². The van der Waals surface area contributed by atoms with Crippen molar-refractivity contribution in [3.63, 3.8) is 0 Å². The van der Waals surface area contributed by atoms with Crippen molar-refractivity contribution in [1.29, 1.82) is 0 Å². The Bertz CT molecular complexity index is 417. The zero-order chi connectivity index (χ0) is 13.5. The molecule has 5 nitrogen and oxygen atoms in total. The number of amides is 1. The maximum Gasteiger partial charge on any atom is 0.257 e. The summed E-state index contributed by atoms with van der Waals surface area (Å²) in [7, 11) is 1.58. The third-order valence-corrected chi connectivity index (χ3v) is 3.14. The molecule has 0 saturated carbocycles. The highest BCUT2D eigenvalue weighted by Gasteiger charge is 2.15. The fourth-order valence-corrected chi connectivity index (χ4v) is 2.10. The molecule has 1 aromatic carbocycles. The molecule has 1 unspecified atom stereocenters. The molecule has 1 heterocycles. The Kier molecular flexibility index (Phi) is 5.03. The van der Waals surface area contributed by atoms with E-state index in [2.05, 4.69) is 10.6 Å². The number of hydrogen-bond acceptors (Lipinski definition) is 4. The minimum Gasteiger partial charge on any atom is -0.493 e. The van der Waals surface area contributed by atoms with Crippen molar-refractivity contribution >= 4 is 5.91 Å². The molecule has 1 aliphatic heterocycles. The number of carbonyl (C=O) groups is 1. The average Bonchev–Trinajstić information content (AvgIpc) is 2.96. The number of methoxy groups -OCH3 is 1. The average molecular weight is 264 g/mol. The first-order valence-corrected chi connectivity index (χ1v) is 6.55. The molecule has 5 heteroatoms. The molecule has 0 bridgehead atoms. The second kappa shape index (κ2) is 6.99. The van der Waals surface area contributed by atoms with Crippen molar-refractivity contribution in [2.24, 2.45) is 0 Å². The summed E-state index contributed by atoms with van der Waals surface area (Å²) in [5.41, 5.74) is 0. The lowest BCUT2D eigenvalue weighted by molar-refractivity contribution is -0.123. The van der Waals surface area contributed by atoms with Crippen molar-refractivity contribution < 1.29 is 14.3 Å². The van der Waals surface area contributed by atoms with Crippen LogP contribution in [0, 0.1) is 0 Å². The molecule has 104 valence electrons. The Hall–Kier alpha value is -1.75. The van der Waals surface area contributed by atoms with Crippen LogP contribution in [-0.2, 0) is 4.79 Å². The number of para-hydroxylation sites is 2. The lowest BCUT2D eigenvalue weighted by Crippen LogP contribution is -2.39. The summed E-state index contributed by atoms with van der Waals surface area (Å²) in [5.74, 6) is 1.10. The summed E-state index contributed by atoms with van der Waals surface area (Å²) in [5, 5.41) is 6.19. The summed E-state index contributed by atoms with van der Waals surface area (Å²) in [6.07, 6.45) is 2.30. The smallest absolute Gasteiger partial charge is 0.257 e. The van der Waals surface area contributed by atoms with Crippen molar-refractivity contribution in [2.45, 2.75) is 18.9 Å². The van der Waals surface area contributed by atoms with Gasteiger partial charge in [-0.25, -0.2) is 0 Å². The number of nitrogens with one attached hydrogen (secondary N) is 2. The van der Waals surface area contributed by atoms with E-state index >= 15 is 0 Å². The second-order valence-corrected chi connectivity index (χ2v) is 4.54. The van der Waals surface area contributed by atoms with Crippen LogP contribution in [-0.4, -0.2) is 38.8 Å². The summed E-state index contributed by atoms with van der Waals surface area (Å²) < 4.78 is 10.6. The van der Waals surface area contributed by atoms with E-state index in [1.165, 1.54) is 6.42 Å². The van der Waals surface area contributed by atoms with Gasteiger partial charge in [-0.05, 0) is 31.5 Å². The van der Waals surface area contributed by atoms with E-state index in [-0.39, 0.29) is 12.5 Å². The van der Waals surface area contributed by atoms with Crippen LogP contribution in [0.15, 0.2) is 24.3 Å². The van der Waals surface area contributed by atoms with Crippen LogP contribution in [0.1, 0.15) is 12.8 Å². The highest BCUT2D eigenvalue weighted by atomic mass is 16.5. The van der Waals surface area contributed by atoms with Crippen molar-refractivity contribution in [2.75, 3.05) is 26.8 Å². The Labute approximate surface area is 113 Å². The van der Waals surface area contributed by atoms with Gasteiger partial charge in [-0.15, -0.1) is 0 Å². The second-order valence-electron chi connectivity index (χ2n) is 4.54. The first kappa shape index (κ1) is 13.7. The molecule has 1 saturated heterocycles. The van der Waals surface area contributed by atoms with Crippen LogP contribution >= 0.6 is 0 Å². The first-order valence-electron chi connectivity index (χ1n) is 6.55. The molecule has 0 spiro atoms. The molecule has 1 aliphatic rings. The molecule has 1 atom stereocenters. The van der Waals surface area contributed by atoms with Crippen LogP contribution in [0.2, 0.25) is 0 Å². The van der Waals surface area contributed by atoms with E-state index in [0.717, 1.165) is 13.0 Å². The van der Waals surface area contributed by atoms with Gasteiger partial charge in [0.2, 0.25) is 0 Å². The van der Waals surface area contributed by atoms with Gasteiger partial charge in [-0.3, -0.25) is 4.79 Å². The van der Waals surface area contributed by atoms with Crippen LogP contribution < -0.4 is 20.1 Å². The largest absolute Gasteiger partial charge is 0.493 e. The van der Waals surface area contributed by atoms with E-state index < -0.39 is 0 Å². The van der Waals surface area contributed by atoms with Crippen LogP contribution in [0.4, 0.5) is 0 Å². The van der Waals surface area contributed by atoms with E-state index in [4.69, 9.17) is 9.47 Å². The predicted octanol–water partition coefficient (Wildman–Crippen LogP) is 0.942. The van der Waals surface area contributed by atoms with E-state index in [1.807, 2.05) is 12.1 Å². The molecule has 1 amide bonds. The van der Waals surface area contributed by atoms with E-state index in [1.54, 1.807) is 19.2 Å². The predicted molar refractivity (Wildman–Crippen MR) is 72.5 cm³/mol. The molecule has 0 aliphatic carbocycles. The van der Waals surface area contributed by atoms with Gasteiger partial charge in [0.05, 0.1) is 7.11 Å². The number of carbonyl (C=O) groups excluding carboxylic acids is 1. The fraction of sp³-hybridized carbons (Fsp3) is 0.500. The molecule has 2 N–H and O–H groups in total. The monoisotopic (exact) mass is 264 g/mol. The molecule has 2 rings (SSSR count). The van der Waals surface area contributed by atoms with Gasteiger partial charge < -0.3 is 20.1 Å². The Morgan fingerprint density at radius 2 is 2.21 bits per heavy atom. The van der Waals surface area contributed by atoms with Crippen molar-refractivity contribution in [1.82, 2.24) is 10.6 Å². The van der Waals surface area contributed by atoms with E-state index in [0.29, 0.717) is 24.1 Å².